The fraction of sp³-hybridized carbons (Fsp3) is 0.182. The summed E-state index contributed by atoms with van der Waals surface area (Å²) in [7, 11) is 0. The molecule has 1 heterocycles. The van der Waals surface area contributed by atoms with Crippen molar-refractivity contribution in [3.8, 4) is 0 Å². The van der Waals surface area contributed by atoms with E-state index in [1.807, 2.05) is 0 Å². The Bertz CT molecular complexity index is 634. The monoisotopic (exact) mass is 231 g/mol. The molecule has 4 amide bonds. The summed E-state index contributed by atoms with van der Waals surface area (Å²) < 4.78 is 0. The Morgan fingerprint density at radius 3 is 2.35 bits per heavy atom. The van der Waals surface area contributed by atoms with E-state index in [0.717, 1.165) is 4.90 Å². The van der Waals surface area contributed by atoms with Gasteiger partial charge in [-0.3, -0.25) is 9.59 Å². The van der Waals surface area contributed by atoms with E-state index in [-0.39, 0.29) is 11.0 Å². The predicted molar refractivity (Wildman–Crippen MR) is 58.0 cm³/mol. The van der Waals surface area contributed by atoms with Crippen LogP contribution < -0.4 is 15.6 Å². The first-order chi connectivity index (χ1) is 8.00. The summed E-state index contributed by atoms with van der Waals surface area (Å²) in [5.74, 6) is -0.860. The van der Waals surface area contributed by atoms with Crippen LogP contribution in [-0.4, -0.2) is 17.8 Å². The van der Waals surface area contributed by atoms with Gasteiger partial charge in [0.25, 0.3) is 0 Å². The molecule has 0 aliphatic carbocycles. The third-order valence-electron chi connectivity index (χ3n) is 2.29. The van der Waals surface area contributed by atoms with Crippen LogP contribution in [0.5, 0.6) is 0 Å². The van der Waals surface area contributed by atoms with Crippen molar-refractivity contribution in [2.45, 2.75) is 13.8 Å². The first kappa shape index (κ1) is 11.1. The van der Waals surface area contributed by atoms with Crippen molar-refractivity contribution in [3.05, 3.63) is 28.9 Å². The molecule has 1 aromatic rings. The molecule has 0 aromatic heterocycles. The fourth-order valence-electron chi connectivity index (χ4n) is 1.69. The minimum absolute atomic E-state index is 0.267. The number of nitrogens with zero attached hydrogens (tertiary/aromatic N) is 3. The highest BCUT2D eigenvalue weighted by molar-refractivity contribution is 6.13. The van der Waals surface area contributed by atoms with Crippen molar-refractivity contribution in [3.63, 3.8) is 0 Å². The molecule has 86 valence electrons. The first-order valence-corrected chi connectivity index (χ1v) is 4.92. The number of fused-ring (bicyclic) bond motifs is 1. The summed E-state index contributed by atoms with van der Waals surface area (Å²) in [6, 6.07) is 4.15. The zero-order valence-corrected chi connectivity index (χ0v) is 9.30. The van der Waals surface area contributed by atoms with Gasteiger partial charge in [0.15, 0.2) is 0 Å². The standard InChI is InChI=1S/C11H9N3O3/c1-6(15)14(7(2)16)9-5-3-4-8-10(9)13-11(17)12-8/h3-5H,1-2H3. The predicted octanol–water partition coefficient (Wildman–Crippen LogP) is -0.0412. The number of benzene rings is 1. The fourth-order valence-corrected chi connectivity index (χ4v) is 1.69. The van der Waals surface area contributed by atoms with E-state index in [1.54, 1.807) is 18.2 Å². The summed E-state index contributed by atoms with van der Waals surface area (Å²) in [5.41, 5.74) is 0.289. The number of carbonyl (C=O) groups is 3. The zero-order chi connectivity index (χ0) is 12.6. The molecule has 6 heteroatoms. The number of anilines is 1. The van der Waals surface area contributed by atoms with Crippen LogP contribution in [0.3, 0.4) is 0 Å². The van der Waals surface area contributed by atoms with Crippen molar-refractivity contribution in [1.82, 2.24) is 0 Å². The number of para-hydroxylation sites is 1. The molecule has 6 nitrogen and oxygen atoms in total. The van der Waals surface area contributed by atoms with Gasteiger partial charge in [-0.1, -0.05) is 6.07 Å². The topological polar surface area (TPSA) is 79.2 Å². The van der Waals surface area contributed by atoms with Gasteiger partial charge in [-0.15, -0.1) is 0 Å². The highest BCUT2D eigenvalue weighted by Gasteiger charge is 2.20. The number of hydrogen-bond donors (Lipinski definition) is 0. The highest BCUT2D eigenvalue weighted by atomic mass is 16.2. The maximum absolute atomic E-state index is 11.4. The molecule has 1 aromatic carbocycles. The molecular weight excluding hydrogens is 222 g/mol. The minimum atomic E-state index is -0.625. The Morgan fingerprint density at radius 1 is 1.12 bits per heavy atom. The van der Waals surface area contributed by atoms with Crippen molar-refractivity contribution in [1.29, 1.82) is 0 Å². The van der Waals surface area contributed by atoms with Crippen molar-refractivity contribution >= 4 is 23.5 Å². The van der Waals surface area contributed by atoms with E-state index in [9.17, 15) is 14.4 Å². The van der Waals surface area contributed by atoms with Crippen LogP contribution in [0.4, 0.5) is 10.5 Å². The van der Waals surface area contributed by atoms with Gasteiger partial charge in [-0.25, -0.2) is 9.69 Å². The van der Waals surface area contributed by atoms with Crippen LogP contribution in [0.25, 0.3) is 0 Å². The lowest BCUT2D eigenvalue weighted by molar-refractivity contribution is -0.124. The molecule has 0 saturated heterocycles. The normalized spacial score (nSPS) is 12.5. The minimum Gasteiger partial charge on any atom is -0.274 e. The maximum atomic E-state index is 11.4. The lowest BCUT2D eigenvalue weighted by Crippen LogP contribution is -2.39. The Kier molecular flexibility index (Phi) is 2.55. The second-order valence-corrected chi connectivity index (χ2v) is 3.52. The quantitative estimate of drug-likeness (QED) is 0.680. The van der Waals surface area contributed by atoms with Gasteiger partial charge in [0.2, 0.25) is 11.8 Å². The number of carbonyl (C=O) groups excluding carboxylic acids is 3. The number of rotatable bonds is 1. The van der Waals surface area contributed by atoms with Crippen LogP contribution >= 0.6 is 0 Å². The summed E-state index contributed by atoms with van der Waals surface area (Å²) >= 11 is 0. The van der Waals surface area contributed by atoms with Gasteiger partial charge in [0.1, 0.15) is 5.36 Å². The van der Waals surface area contributed by atoms with E-state index in [4.69, 9.17) is 0 Å². The number of urea groups is 1. The second-order valence-electron chi connectivity index (χ2n) is 3.52. The maximum Gasteiger partial charge on any atom is 0.368 e. The summed E-state index contributed by atoms with van der Waals surface area (Å²) in [6.45, 7) is 2.55. The lowest BCUT2D eigenvalue weighted by Gasteiger charge is -2.16. The molecule has 0 saturated carbocycles. The molecule has 0 unspecified atom stereocenters. The van der Waals surface area contributed by atoms with Crippen LogP contribution in [0, 0.1) is 0 Å². The van der Waals surface area contributed by atoms with Gasteiger partial charge in [0, 0.05) is 13.8 Å². The van der Waals surface area contributed by atoms with Crippen LogP contribution in [0.2, 0.25) is 0 Å². The van der Waals surface area contributed by atoms with Gasteiger partial charge in [0.05, 0.1) is 11.0 Å². The molecular formula is C11H9N3O3. The molecule has 0 bridgehead atoms. The molecule has 2 rings (SSSR count). The zero-order valence-electron chi connectivity index (χ0n) is 9.30. The van der Waals surface area contributed by atoms with Crippen LogP contribution in [0.15, 0.2) is 28.2 Å². The number of hydrogen-bond acceptors (Lipinski definition) is 3. The summed E-state index contributed by atoms with van der Waals surface area (Å²) in [4.78, 5) is 42.2. The Balaban J connectivity index is 2.72. The summed E-state index contributed by atoms with van der Waals surface area (Å²) in [5, 5.41) is 0.642. The molecule has 17 heavy (non-hydrogen) atoms. The molecule has 1 aliphatic rings. The molecule has 0 radical (unpaired) electrons. The lowest BCUT2D eigenvalue weighted by atomic mass is 10.2. The first-order valence-electron chi connectivity index (χ1n) is 4.92. The Labute approximate surface area is 96.3 Å². The highest BCUT2D eigenvalue weighted by Crippen LogP contribution is 2.08. The van der Waals surface area contributed by atoms with E-state index < -0.39 is 17.8 Å². The van der Waals surface area contributed by atoms with E-state index >= 15 is 0 Å². The molecule has 0 fully saturated rings. The molecule has 0 atom stereocenters. The van der Waals surface area contributed by atoms with Crippen molar-refractivity contribution in [2.24, 2.45) is 9.98 Å². The van der Waals surface area contributed by atoms with Gasteiger partial charge in [-0.2, -0.15) is 9.98 Å². The average Bonchev–Trinajstić information content (AvgIpc) is 2.58. The Morgan fingerprint density at radius 2 is 1.76 bits per heavy atom. The largest absolute Gasteiger partial charge is 0.368 e. The van der Waals surface area contributed by atoms with Crippen molar-refractivity contribution < 1.29 is 14.4 Å². The van der Waals surface area contributed by atoms with Gasteiger partial charge >= 0.3 is 6.03 Å². The third-order valence-corrected chi connectivity index (χ3v) is 2.29. The van der Waals surface area contributed by atoms with Crippen molar-refractivity contribution in [2.75, 3.05) is 4.90 Å². The molecule has 0 N–H and O–H groups in total. The Hall–Kier alpha value is -2.37. The van der Waals surface area contributed by atoms with Crippen LogP contribution in [-0.2, 0) is 9.59 Å². The number of amides is 4. The third kappa shape index (κ3) is 1.84. The van der Waals surface area contributed by atoms with Gasteiger partial charge in [-0.05, 0) is 12.1 Å². The van der Waals surface area contributed by atoms with E-state index in [0.29, 0.717) is 5.36 Å². The van der Waals surface area contributed by atoms with E-state index in [2.05, 4.69) is 9.98 Å². The molecule has 0 spiro atoms. The average molecular weight is 231 g/mol. The second kappa shape index (κ2) is 3.89. The number of imide groups is 1. The van der Waals surface area contributed by atoms with E-state index in [1.165, 1.54) is 13.8 Å². The van der Waals surface area contributed by atoms with Crippen LogP contribution in [0.1, 0.15) is 13.8 Å². The van der Waals surface area contributed by atoms with Gasteiger partial charge < -0.3 is 0 Å². The smallest absolute Gasteiger partial charge is 0.274 e. The summed E-state index contributed by atoms with van der Waals surface area (Å²) in [6.07, 6.45) is 0. The SMILES string of the molecule is CC(=O)N(C(C)=O)c1cccc2c1=NC(=O)N=2. The molecule has 1 aliphatic heterocycles.